The van der Waals surface area contributed by atoms with E-state index in [1.807, 2.05) is 0 Å². The Morgan fingerprint density at radius 3 is 2.36 bits per heavy atom. The third-order valence-electron chi connectivity index (χ3n) is 3.03. The maximum atomic E-state index is 11.8. The molecule has 0 bridgehead atoms. The number of hydrogen-bond donors (Lipinski definition) is 2. The van der Waals surface area contributed by atoms with Gasteiger partial charge in [0.25, 0.3) is 5.91 Å². The largest absolute Gasteiger partial charge is 0.469 e. The van der Waals surface area contributed by atoms with Crippen LogP contribution >= 0.6 is 0 Å². The molecule has 0 aromatic heterocycles. The minimum Gasteiger partial charge on any atom is -0.469 e. The van der Waals surface area contributed by atoms with E-state index in [0.717, 1.165) is 12.8 Å². The van der Waals surface area contributed by atoms with Gasteiger partial charge < -0.3 is 15.4 Å². The lowest BCUT2D eigenvalue weighted by molar-refractivity contribution is -0.141. The van der Waals surface area contributed by atoms with E-state index in [4.69, 9.17) is 0 Å². The average Bonchev–Trinajstić information content (AvgIpc) is 2.53. The first-order chi connectivity index (χ1) is 10.6. The normalized spacial score (nSPS) is 9.91. The van der Waals surface area contributed by atoms with Crippen LogP contribution in [0.2, 0.25) is 0 Å². The molecule has 0 radical (unpaired) electrons. The van der Waals surface area contributed by atoms with Gasteiger partial charge in [-0.1, -0.05) is 13.3 Å². The number of esters is 1. The SMILES string of the molecule is CCCCNC(=O)c1ccc(NC(=O)CCC(=O)OC)cc1. The van der Waals surface area contributed by atoms with Gasteiger partial charge in [-0.05, 0) is 30.7 Å². The van der Waals surface area contributed by atoms with Crippen molar-refractivity contribution in [1.82, 2.24) is 5.32 Å². The van der Waals surface area contributed by atoms with Crippen molar-refractivity contribution in [2.75, 3.05) is 19.0 Å². The lowest BCUT2D eigenvalue weighted by Gasteiger charge is -2.07. The lowest BCUT2D eigenvalue weighted by atomic mass is 10.2. The molecule has 0 fully saturated rings. The van der Waals surface area contributed by atoms with E-state index in [-0.39, 0.29) is 24.7 Å². The third-order valence-corrected chi connectivity index (χ3v) is 3.03. The molecule has 120 valence electrons. The number of nitrogens with one attached hydrogen (secondary N) is 2. The molecule has 6 heteroatoms. The van der Waals surface area contributed by atoms with Crippen LogP contribution in [0.3, 0.4) is 0 Å². The summed E-state index contributed by atoms with van der Waals surface area (Å²) in [5.41, 5.74) is 1.13. The molecule has 0 heterocycles. The van der Waals surface area contributed by atoms with E-state index in [1.54, 1.807) is 24.3 Å². The topological polar surface area (TPSA) is 84.5 Å². The van der Waals surface area contributed by atoms with Crippen LogP contribution in [0.4, 0.5) is 5.69 Å². The highest BCUT2D eigenvalue weighted by Crippen LogP contribution is 2.10. The number of ether oxygens (including phenoxy) is 1. The second-order valence-electron chi connectivity index (χ2n) is 4.81. The number of rotatable bonds is 8. The molecule has 0 spiro atoms. The Kier molecular flexibility index (Phi) is 7.67. The zero-order chi connectivity index (χ0) is 16.4. The fourth-order valence-corrected chi connectivity index (χ4v) is 1.73. The summed E-state index contributed by atoms with van der Waals surface area (Å²) in [5, 5.41) is 5.48. The number of hydrogen-bond acceptors (Lipinski definition) is 4. The van der Waals surface area contributed by atoms with Crippen molar-refractivity contribution in [3.63, 3.8) is 0 Å². The van der Waals surface area contributed by atoms with E-state index >= 15 is 0 Å². The molecule has 1 aromatic carbocycles. The summed E-state index contributed by atoms with van der Waals surface area (Å²) < 4.78 is 4.47. The van der Waals surface area contributed by atoms with Crippen molar-refractivity contribution in [3.8, 4) is 0 Å². The molecule has 0 aliphatic rings. The molecule has 2 amide bonds. The van der Waals surface area contributed by atoms with Crippen molar-refractivity contribution < 1.29 is 19.1 Å². The van der Waals surface area contributed by atoms with Crippen LogP contribution in [-0.4, -0.2) is 31.4 Å². The molecule has 0 saturated heterocycles. The standard InChI is InChI=1S/C16H22N2O4/c1-3-4-11-17-16(21)12-5-7-13(8-6-12)18-14(19)9-10-15(20)22-2/h5-8H,3-4,9-11H2,1-2H3,(H,17,21)(H,18,19). The Hall–Kier alpha value is -2.37. The second kappa shape index (κ2) is 9.55. The smallest absolute Gasteiger partial charge is 0.306 e. The fourth-order valence-electron chi connectivity index (χ4n) is 1.73. The van der Waals surface area contributed by atoms with Crippen molar-refractivity contribution in [2.45, 2.75) is 32.6 Å². The van der Waals surface area contributed by atoms with Crippen LogP contribution in [0.1, 0.15) is 43.0 Å². The van der Waals surface area contributed by atoms with Gasteiger partial charge in [0.05, 0.1) is 13.5 Å². The first-order valence-electron chi connectivity index (χ1n) is 7.31. The summed E-state index contributed by atoms with van der Waals surface area (Å²) in [4.78, 5) is 34.4. The fraction of sp³-hybridized carbons (Fsp3) is 0.438. The maximum absolute atomic E-state index is 11.8. The zero-order valence-electron chi connectivity index (χ0n) is 13.0. The quantitative estimate of drug-likeness (QED) is 0.569. The highest BCUT2D eigenvalue weighted by Gasteiger charge is 2.08. The lowest BCUT2D eigenvalue weighted by Crippen LogP contribution is -2.24. The first kappa shape index (κ1) is 17.7. The van der Waals surface area contributed by atoms with Gasteiger partial charge in [-0.15, -0.1) is 0 Å². The minimum absolute atomic E-state index is 0.0419. The van der Waals surface area contributed by atoms with Gasteiger partial charge in [0.1, 0.15) is 0 Å². The molecule has 22 heavy (non-hydrogen) atoms. The van der Waals surface area contributed by atoms with Crippen molar-refractivity contribution in [3.05, 3.63) is 29.8 Å². The summed E-state index contributed by atoms with van der Waals surface area (Å²) in [7, 11) is 1.28. The summed E-state index contributed by atoms with van der Waals surface area (Å²) in [6.07, 6.45) is 2.07. The maximum Gasteiger partial charge on any atom is 0.306 e. The second-order valence-corrected chi connectivity index (χ2v) is 4.81. The van der Waals surface area contributed by atoms with Crippen molar-refractivity contribution >= 4 is 23.5 Å². The Balaban J connectivity index is 2.45. The average molecular weight is 306 g/mol. The predicted molar refractivity (Wildman–Crippen MR) is 83.6 cm³/mol. The molecule has 1 aromatic rings. The third kappa shape index (κ3) is 6.39. The highest BCUT2D eigenvalue weighted by molar-refractivity contribution is 5.96. The van der Waals surface area contributed by atoms with Gasteiger partial charge in [-0.2, -0.15) is 0 Å². The van der Waals surface area contributed by atoms with Gasteiger partial charge in [0.2, 0.25) is 5.91 Å². The van der Waals surface area contributed by atoms with Crippen LogP contribution in [0.15, 0.2) is 24.3 Å². The number of carbonyl (C=O) groups is 3. The van der Waals surface area contributed by atoms with Crippen molar-refractivity contribution in [1.29, 1.82) is 0 Å². The molecule has 2 N–H and O–H groups in total. The number of unbranched alkanes of at least 4 members (excludes halogenated alkanes) is 1. The molecule has 0 aliphatic heterocycles. The molecule has 6 nitrogen and oxygen atoms in total. The highest BCUT2D eigenvalue weighted by atomic mass is 16.5. The molecule has 0 saturated carbocycles. The van der Waals surface area contributed by atoms with E-state index in [0.29, 0.717) is 17.8 Å². The van der Waals surface area contributed by atoms with Crippen molar-refractivity contribution in [2.24, 2.45) is 0 Å². The summed E-state index contributed by atoms with van der Waals surface area (Å²) in [6, 6.07) is 6.62. The van der Waals surface area contributed by atoms with Crippen LogP contribution in [0.5, 0.6) is 0 Å². The number of anilines is 1. The molecular weight excluding hydrogens is 284 g/mol. The molecule has 0 atom stereocenters. The van der Waals surface area contributed by atoms with Crippen LogP contribution in [-0.2, 0) is 14.3 Å². The first-order valence-corrected chi connectivity index (χ1v) is 7.31. The van der Waals surface area contributed by atoms with Gasteiger partial charge in [0.15, 0.2) is 0 Å². The van der Waals surface area contributed by atoms with E-state index < -0.39 is 5.97 Å². The van der Waals surface area contributed by atoms with E-state index in [1.165, 1.54) is 7.11 Å². The predicted octanol–water partition coefficient (Wildman–Crippen LogP) is 2.11. The minimum atomic E-state index is -0.422. The van der Waals surface area contributed by atoms with Crippen LogP contribution < -0.4 is 10.6 Å². The number of amides is 2. The Bertz CT molecular complexity index is 511. The van der Waals surface area contributed by atoms with E-state index in [2.05, 4.69) is 22.3 Å². The monoisotopic (exact) mass is 306 g/mol. The number of methoxy groups -OCH3 is 1. The van der Waals surface area contributed by atoms with Crippen LogP contribution in [0.25, 0.3) is 0 Å². The van der Waals surface area contributed by atoms with Crippen LogP contribution in [0, 0.1) is 0 Å². The van der Waals surface area contributed by atoms with Gasteiger partial charge >= 0.3 is 5.97 Å². The van der Waals surface area contributed by atoms with Gasteiger partial charge in [-0.25, -0.2) is 0 Å². The molecular formula is C16H22N2O4. The summed E-state index contributed by atoms with van der Waals surface area (Å²) >= 11 is 0. The number of benzene rings is 1. The van der Waals surface area contributed by atoms with Gasteiger partial charge in [0, 0.05) is 24.2 Å². The Morgan fingerprint density at radius 1 is 1.09 bits per heavy atom. The van der Waals surface area contributed by atoms with Gasteiger partial charge in [-0.3, -0.25) is 14.4 Å². The Labute approximate surface area is 130 Å². The number of carbonyl (C=O) groups excluding carboxylic acids is 3. The molecule has 0 aliphatic carbocycles. The Morgan fingerprint density at radius 2 is 1.77 bits per heavy atom. The zero-order valence-corrected chi connectivity index (χ0v) is 13.0. The summed E-state index contributed by atoms with van der Waals surface area (Å²) in [6.45, 7) is 2.71. The summed E-state index contributed by atoms with van der Waals surface area (Å²) in [5.74, 6) is -0.822. The molecule has 0 unspecified atom stereocenters. The van der Waals surface area contributed by atoms with E-state index in [9.17, 15) is 14.4 Å². The molecule has 1 rings (SSSR count).